The maximum atomic E-state index is 13.9. The summed E-state index contributed by atoms with van der Waals surface area (Å²) in [6.07, 6.45) is 2.36. The van der Waals surface area contributed by atoms with Gasteiger partial charge in [-0.15, -0.1) is 0 Å². The Hall–Kier alpha value is -3.26. The summed E-state index contributed by atoms with van der Waals surface area (Å²) in [5.74, 6) is 0.0228. The molecule has 2 heteroatoms. The smallest absolute Gasteiger partial charge is 0.123 e. The van der Waals surface area contributed by atoms with E-state index in [1.165, 1.54) is 59.4 Å². The van der Waals surface area contributed by atoms with Crippen molar-refractivity contribution >= 4 is 0 Å². The first-order valence-corrected chi connectivity index (χ1v) is 11.6. The van der Waals surface area contributed by atoms with Crippen molar-refractivity contribution in [2.45, 2.75) is 44.9 Å². The van der Waals surface area contributed by atoms with Gasteiger partial charge in [0.05, 0.1) is 0 Å². The fourth-order valence-electron chi connectivity index (χ4n) is 4.90. The molecule has 1 aliphatic carbocycles. The molecule has 1 fully saturated rings. The van der Waals surface area contributed by atoms with E-state index in [-0.39, 0.29) is 17.0 Å². The zero-order valence-electron chi connectivity index (χ0n) is 19.3. The number of halogens is 2. The van der Waals surface area contributed by atoms with Crippen molar-refractivity contribution in [1.29, 1.82) is 0 Å². The Morgan fingerprint density at radius 1 is 0.636 bits per heavy atom. The molecule has 1 saturated carbocycles. The lowest BCUT2D eigenvalue weighted by Crippen LogP contribution is -2.17. The highest BCUT2D eigenvalue weighted by atomic mass is 19.1. The minimum absolute atomic E-state index is 0.138. The fourth-order valence-corrected chi connectivity index (χ4v) is 4.90. The molecular weight excluding hydrogens is 410 g/mol. The van der Waals surface area contributed by atoms with Crippen molar-refractivity contribution in [3.8, 4) is 33.4 Å². The fraction of sp³-hybridized carbons (Fsp3) is 0.226. The molecule has 0 saturated heterocycles. The first kappa shape index (κ1) is 21.6. The van der Waals surface area contributed by atoms with E-state index >= 15 is 0 Å². The van der Waals surface area contributed by atoms with Crippen molar-refractivity contribution in [2.75, 3.05) is 0 Å². The SMILES string of the molecule is CC(C)(C)c1c(-c2ccc(F)cc2)c(-c2ccc(F)cc2)cc(-c2ccccc2)c1C1CC1. The van der Waals surface area contributed by atoms with Crippen LogP contribution >= 0.6 is 0 Å². The maximum Gasteiger partial charge on any atom is 0.123 e. The van der Waals surface area contributed by atoms with Gasteiger partial charge in [0.15, 0.2) is 0 Å². The van der Waals surface area contributed by atoms with Crippen LogP contribution in [-0.4, -0.2) is 0 Å². The van der Waals surface area contributed by atoms with Crippen molar-refractivity contribution in [1.82, 2.24) is 0 Å². The van der Waals surface area contributed by atoms with E-state index in [9.17, 15) is 8.78 Å². The molecule has 0 bridgehead atoms. The van der Waals surface area contributed by atoms with Crippen LogP contribution in [0.15, 0.2) is 84.9 Å². The lowest BCUT2D eigenvalue weighted by Gasteiger charge is -2.31. The molecule has 0 nitrogen and oxygen atoms in total. The van der Waals surface area contributed by atoms with Gasteiger partial charge in [0, 0.05) is 0 Å². The molecule has 4 aromatic rings. The second-order valence-electron chi connectivity index (χ2n) is 10.0. The van der Waals surface area contributed by atoms with E-state index in [0.717, 1.165) is 22.3 Å². The van der Waals surface area contributed by atoms with Crippen LogP contribution in [-0.2, 0) is 5.41 Å². The first-order chi connectivity index (χ1) is 15.8. The Balaban J connectivity index is 1.93. The molecule has 0 aliphatic heterocycles. The number of hydrogen-bond donors (Lipinski definition) is 0. The molecule has 0 amide bonds. The van der Waals surface area contributed by atoms with Gasteiger partial charge < -0.3 is 0 Å². The average Bonchev–Trinajstić information content (AvgIpc) is 3.64. The van der Waals surface area contributed by atoms with E-state index in [1.807, 2.05) is 30.3 Å². The highest BCUT2D eigenvalue weighted by Gasteiger charge is 2.35. The monoisotopic (exact) mass is 438 g/mol. The Morgan fingerprint density at radius 2 is 1.15 bits per heavy atom. The molecule has 0 unspecified atom stereocenters. The van der Waals surface area contributed by atoms with E-state index < -0.39 is 0 Å². The predicted molar refractivity (Wildman–Crippen MR) is 133 cm³/mol. The third kappa shape index (κ3) is 4.23. The molecule has 0 heterocycles. The van der Waals surface area contributed by atoms with Gasteiger partial charge in [-0.2, -0.15) is 0 Å². The van der Waals surface area contributed by atoms with Gasteiger partial charge in [-0.3, -0.25) is 0 Å². The highest BCUT2D eigenvalue weighted by Crippen LogP contribution is 2.53. The minimum Gasteiger partial charge on any atom is -0.207 e. The predicted octanol–water partition coefficient (Wildman–Crippen LogP) is 9.14. The standard InChI is InChI=1S/C31H28F2/c1-31(2,3)30-28(22-9-10-22)26(20-7-5-4-6-8-20)19-27(21-11-15-24(32)16-12-21)29(30)23-13-17-25(33)18-14-23/h4-8,11-19,22H,9-10H2,1-3H3. The van der Waals surface area contributed by atoms with Crippen molar-refractivity contribution in [2.24, 2.45) is 0 Å². The Morgan fingerprint density at radius 3 is 1.67 bits per heavy atom. The van der Waals surface area contributed by atoms with Crippen LogP contribution in [0.4, 0.5) is 8.78 Å². The zero-order chi connectivity index (χ0) is 23.2. The average molecular weight is 439 g/mol. The Bertz CT molecular complexity index is 1270. The van der Waals surface area contributed by atoms with Crippen LogP contribution in [0.1, 0.15) is 50.7 Å². The van der Waals surface area contributed by atoms with E-state index in [0.29, 0.717) is 5.92 Å². The van der Waals surface area contributed by atoms with Crippen LogP contribution in [0.5, 0.6) is 0 Å². The van der Waals surface area contributed by atoms with Gasteiger partial charge >= 0.3 is 0 Å². The molecule has 0 spiro atoms. The van der Waals surface area contributed by atoms with Gasteiger partial charge in [0.2, 0.25) is 0 Å². The van der Waals surface area contributed by atoms with Crippen LogP contribution in [0, 0.1) is 11.6 Å². The van der Waals surface area contributed by atoms with Crippen LogP contribution in [0.3, 0.4) is 0 Å². The second-order valence-corrected chi connectivity index (χ2v) is 10.0. The second kappa shape index (κ2) is 8.26. The lowest BCUT2D eigenvalue weighted by atomic mass is 9.72. The molecule has 0 N–H and O–H groups in total. The van der Waals surface area contributed by atoms with Gasteiger partial charge in [0.25, 0.3) is 0 Å². The third-order valence-corrected chi connectivity index (χ3v) is 6.48. The molecule has 5 rings (SSSR count). The molecule has 0 radical (unpaired) electrons. The summed E-state index contributed by atoms with van der Waals surface area (Å²) in [4.78, 5) is 0. The van der Waals surface area contributed by atoms with Gasteiger partial charge in [0.1, 0.15) is 11.6 Å². The largest absolute Gasteiger partial charge is 0.207 e. The van der Waals surface area contributed by atoms with E-state index in [2.05, 4.69) is 51.1 Å². The summed E-state index contributed by atoms with van der Waals surface area (Å²) in [5.41, 5.74) is 9.12. The van der Waals surface area contributed by atoms with Gasteiger partial charge in [-0.1, -0.05) is 75.4 Å². The summed E-state index contributed by atoms with van der Waals surface area (Å²) in [5, 5.41) is 0. The van der Waals surface area contributed by atoms with Crippen LogP contribution in [0.25, 0.3) is 33.4 Å². The van der Waals surface area contributed by atoms with Gasteiger partial charge in [-0.05, 0) is 99.0 Å². The Labute approximate surface area is 194 Å². The minimum atomic E-state index is -0.254. The number of hydrogen-bond acceptors (Lipinski definition) is 0. The third-order valence-electron chi connectivity index (χ3n) is 6.48. The van der Waals surface area contributed by atoms with Crippen molar-refractivity contribution < 1.29 is 8.78 Å². The molecule has 1 aliphatic rings. The van der Waals surface area contributed by atoms with E-state index in [1.54, 1.807) is 0 Å². The quantitative estimate of drug-likeness (QED) is 0.298. The number of benzene rings is 4. The van der Waals surface area contributed by atoms with E-state index in [4.69, 9.17) is 0 Å². The number of rotatable bonds is 4. The Kier molecular flexibility index (Phi) is 5.40. The summed E-state index contributed by atoms with van der Waals surface area (Å²) < 4.78 is 27.7. The van der Waals surface area contributed by atoms with Crippen molar-refractivity contribution in [3.05, 3.63) is 108 Å². The summed E-state index contributed by atoms with van der Waals surface area (Å²) in [6.45, 7) is 6.76. The molecule has 4 aromatic carbocycles. The van der Waals surface area contributed by atoms with Gasteiger partial charge in [-0.25, -0.2) is 8.78 Å². The maximum absolute atomic E-state index is 13.9. The summed E-state index contributed by atoms with van der Waals surface area (Å²) in [7, 11) is 0. The molecule has 33 heavy (non-hydrogen) atoms. The molecular formula is C31H28F2. The normalized spacial score (nSPS) is 13.8. The first-order valence-electron chi connectivity index (χ1n) is 11.6. The van der Waals surface area contributed by atoms with Crippen molar-refractivity contribution in [3.63, 3.8) is 0 Å². The van der Waals surface area contributed by atoms with Crippen LogP contribution in [0.2, 0.25) is 0 Å². The lowest BCUT2D eigenvalue weighted by molar-refractivity contribution is 0.585. The molecule has 0 aromatic heterocycles. The molecule has 0 atom stereocenters. The topological polar surface area (TPSA) is 0 Å². The van der Waals surface area contributed by atoms with Crippen LogP contribution < -0.4 is 0 Å². The molecule has 166 valence electrons. The summed E-state index contributed by atoms with van der Waals surface area (Å²) in [6, 6.07) is 26.3. The summed E-state index contributed by atoms with van der Waals surface area (Å²) >= 11 is 0. The zero-order valence-corrected chi connectivity index (χ0v) is 19.3. The highest BCUT2D eigenvalue weighted by molar-refractivity contribution is 5.92.